The van der Waals surface area contributed by atoms with E-state index in [1.807, 2.05) is 4.90 Å². The van der Waals surface area contributed by atoms with Crippen LogP contribution in [0.3, 0.4) is 0 Å². The Kier molecular flexibility index (Phi) is 3.25. The number of nitrogens with one attached hydrogen (secondary N) is 1. The van der Waals surface area contributed by atoms with E-state index in [2.05, 4.69) is 25.1 Å². The van der Waals surface area contributed by atoms with Crippen molar-refractivity contribution in [1.82, 2.24) is 25.1 Å². The largest absolute Gasteiger partial charge is 0.380 e. The van der Waals surface area contributed by atoms with E-state index in [1.165, 1.54) is 12.4 Å². The van der Waals surface area contributed by atoms with Gasteiger partial charge in [-0.3, -0.25) is 5.10 Å². The van der Waals surface area contributed by atoms with Crippen LogP contribution in [0.2, 0.25) is 0 Å². The summed E-state index contributed by atoms with van der Waals surface area (Å²) in [5.74, 6) is 2.22. The zero-order valence-electron chi connectivity index (χ0n) is 12.2. The lowest BCUT2D eigenvalue weighted by atomic mass is 10.2. The molecule has 2 fully saturated rings. The second-order valence-corrected chi connectivity index (χ2v) is 5.82. The van der Waals surface area contributed by atoms with Crippen molar-refractivity contribution >= 4 is 5.95 Å². The molecule has 1 saturated carbocycles. The number of aromatic nitrogens is 5. The van der Waals surface area contributed by atoms with Crippen LogP contribution in [0.4, 0.5) is 10.3 Å². The summed E-state index contributed by atoms with van der Waals surface area (Å²) in [6.07, 6.45) is 5.51. The van der Waals surface area contributed by atoms with E-state index in [-0.39, 0.29) is 12.1 Å². The number of methoxy groups -OCH3 is 1. The molecule has 0 amide bonds. The zero-order valence-corrected chi connectivity index (χ0v) is 12.2. The van der Waals surface area contributed by atoms with E-state index in [1.54, 1.807) is 7.11 Å². The van der Waals surface area contributed by atoms with Crippen molar-refractivity contribution in [2.24, 2.45) is 0 Å². The molecular weight excluding hydrogens is 287 g/mol. The molecule has 2 atom stereocenters. The van der Waals surface area contributed by atoms with Crippen LogP contribution >= 0.6 is 0 Å². The molecule has 0 radical (unpaired) electrons. The molecule has 3 heterocycles. The van der Waals surface area contributed by atoms with Gasteiger partial charge in [0, 0.05) is 26.0 Å². The summed E-state index contributed by atoms with van der Waals surface area (Å²) in [6.45, 7) is 0.645. The molecule has 0 unspecified atom stereocenters. The number of ether oxygens (including phenoxy) is 1. The molecule has 2 aromatic heterocycles. The molecule has 8 heteroatoms. The molecule has 1 aliphatic heterocycles. The van der Waals surface area contributed by atoms with Crippen LogP contribution in [-0.4, -0.2) is 44.9 Å². The predicted molar refractivity (Wildman–Crippen MR) is 75.8 cm³/mol. The highest BCUT2D eigenvalue weighted by Crippen LogP contribution is 2.39. The van der Waals surface area contributed by atoms with Gasteiger partial charge in [-0.15, -0.1) is 0 Å². The van der Waals surface area contributed by atoms with Crippen LogP contribution in [0, 0.1) is 5.82 Å². The highest BCUT2D eigenvalue weighted by Gasteiger charge is 2.38. The van der Waals surface area contributed by atoms with E-state index in [0.717, 1.165) is 30.9 Å². The van der Waals surface area contributed by atoms with E-state index in [0.29, 0.717) is 18.4 Å². The average molecular weight is 304 g/mol. The fourth-order valence-corrected chi connectivity index (χ4v) is 2.86. The number of hydrogen-bond acceptors (Lipinski definition) is 6. The maximum Gasteiger partial charge on any atom is 0.226 e. The lowest BCUT2D eigenvalue weighted by Crippen LogP contribution is -2.27. The van der Waals surface area contributed by atoms with Crippen LogP contribution in [0.5, 0.6) is 0 Å². The van der Waals surface area contributed by atoms with Gasteiger partial charge in [0.25, 0.3) is 0 Å². The van der Waals surface area contributed by atoms with Gasteiger partial charge in [-0.05, 0) is 12.8 Å². The lowest BCUT2D eigenvalue weighted by Gasteiger charge is -2.22. The van der Waals surface area contributed by atoms with Gasteiger partial charge in [-0.1, -0.05) is 0 Å². The molecule has 1 saturated heterocycles. The second kappa shape index (κ2) is 5.28. The third-order valence-corrected chi connectivity index (χ3v) is 4.24. The molecule has 2 aliphatic rings. The van der Waals surface area contributed by atoms with E-state index in [4.69, 9.17) is 4.74 Å². The number of rotatable bonds is 4. The summed E-state index contributed by atoms with van der Waals surface area (Å²) in [4.78, 5) is 14.8. The first-order valence-electron chi connectivity index (χ1n) is 7.43. The minimum Gasteiger partial charge on any atom is -0.380 e. The molecule has 22 heavy (non-hydrogen) atoms. The Balaban J connectivity index is 1.63. The van der Waals surface area contributed by atoms with Crippen molar-refractivity contribution in [2.75, 3.05) is 18.6 Å². The number of halogens is 1. The van der Waals surface area contributed by atoms with Gasteiger partial charge < -0.3 is 9.64 Å². The lowest BCUT2D eigenvalue weighted by molar-refractivity contribution is 0.118. The zero-order chi connectivity index (χ0) is 15.1. The molecule has 1 N–H and O–H groups in total. The summed E-state index contributed by atoms with van der Waals surface area (Å²) < 4.78 is 18.5. The average Bonchev–Trinajstić information content (AvgIpc) is 3.12. The van der Waals surface area contributed by atoms with Crippen molar-refractivity contribution in [1.29, 1.82) is 0 Å². The summed E-state index contributed by atoms with van der Waals surface area (Å²) >= 11 is 0. The van der Waals surface area contributed by atoms with Crippen LogP contribution in [0.25, 0.3) is 0 Å². The van der Waals surface area contributed by atoms with E-state index in [9.17, 15) is 4.39 Å². The standard InChI is InChI=1S/C14H17FN6O/c1-22-10-4-11(13-18-12(19-20-13)8-2-3-8)21(7-10)14-16-5-9(15)6-17-14/h5-6,8,10-11H,2-4,7H2,1H3,(H,18,19,20)/t10-,11+/m1/s1. The Hall–Kier alpha value is -2.09. The molecule has 0 spiro atoms. The fourth-order valence-electron chi connectivity index (χ4n) is 2.86. The Morgan fingerprint density at radius 3 is 2.77 bits per heavy atom. The topological polar surface area (TPSA) is 79.8 Å². The number of anilines is 1. The number of nitrogens with zero attached hydrogens (tertiary/aromatic N) is 5. The van der Waals surface area contributed by atoms with E-state index < -0.39 is 5.82 Å². The quantitative estimate of drug-likeness (QED) is 0.923. The Morgan fingerprint density at radius 1 is 1.32 bits per heavy atom. The van der Waals surface area contributed by atoms with Gasteiger partial charge in [0.05, 0.1) is 24.5 Å². The first kappa shape index (κ1) is 13.6. The maximum atomic E-state index is 13.0. The summed E-state index contributed by atoms with van der Waals surface area (Å²) in [6, 6.07) is -0.0320. The maximum absolute atomic E-state index is 13.0. The molecule has 4 rings (SSSR count). The highest BCUT2D eigenvalue weighted by molar-refractivity contribution is 5.35. The molecule has 2 aromatic rings. The Morgan fingerprint density at radius 2 is 2.09 bits per heavy atom. The molecule has 0 bridgehead atoms. The first-order chi connectivity index (χ1) is 10.7. The SMILES string of the molecule is CO[C@@H]1C[C@@H](c2nc(C3CC3)n[nH]2)N(c2ncc(F)cn2)C1. The van der Waals surface area contributed by atoms with E-state index >= 15 is 0 Å². The number of hydrogen-bond donors (Lipinski definition) is 1. The van der Waals surface area contributed by atoms with Crippen molar-refractivity contribution in [3.05, 3.63) is 29.9 Å². The second-order valence-electron chi connectivity index (χ2n) is 5.82. The van der Waals surface area contributed by atoms with Crippen LogP contribution < -0.4 is 4.90 Å². The van der Waals surface area contributed by atoms with Gasteiger partial charge in [0.15, 0.2) is 11.6 Å². The predicted octanol–water partition coefficient (Wildman–Crippen LogP) is 1.58. The fraction of sp³-hybridized carbons (Fsp3) is 0.571. The smallest absolute Gasteiger partial charge is 0.226 e. The Labute approximate surface area is 126 Å². The monoisotopic (exact) mass is 304 g/mol. The molecule has 116 valence electrons. The van der Waals surface area contributed by atoms with Gasteiger partial charge >= 0.3 is 0 Å². The van der Waals surface area contributed by atoms with Crippen molar-refractivity contribution in [3.8, 4) is 0 Å². The summed E-state index contributed by atoms with van der Waals surface area (Å²) in [5, 5.41) is 7.35. The molecule has 1 aliphatic carbocycles. The van der Waals surface area contributed by atoms with Gasteiger partial charge in [0.2, 0.25) is 5.95 Å². The summed E-state index contributed by atoms with van der Waals surface area (Å²) in [5.41, 5.74) is 0. The summed E-state index contributed by atoms with van der Waals surface area (Å²) in [7, 11) is 1.69. The van der Waals surface area contributed by atoms with Crippen molar-refractivity contribution < 1.29 is 9.13 Å². The molecular formula is C14H17FN6O. The minimum absolute atomic E-state index is 0.0320. The molecule has 0 aromatic carbocycles. The number of H-pyrrole nitrogens is 1. The third kappa shape index (κ3) is 2.43. The van der Waals surface area contributed by atoms with Gasteiger partial charge in [0.1, 0.15) is 5.82 Å². The van der Waals surface area contributed by atoms with Crippen LogP contribution in [-0.2, 0) is 4.74 Å². The van der Waals surface area contributed by atoms with Crippen molar-refractivity contribution in [2.45, 2.75) is 37.3 Å². The normalized spacial score (nSPS) is 24.9. The minimum atomic E-state index is -0.446. The van der Waals surface area contributed by atoms with Crippen LogP contribution in [0.1, 0.15) is 42.9 Å². The first-order valence-corrected chi connectivity index (χ1v) is 7.43. The third-order valence-electron chi connectivity index (χ3n) is 4.24. The highest BCUT2D eigenvalue weighted by atomic mass is 19.1. The van der Waals surface area contributed by atoms with Crippen molar-refractivity contribution in [3.63, 3.8) is 0 Å². The van der Waals surface area contributed by atoms with Gasteiger partial charge in [-0.25, -0.2) is 19.3 Å². The van der Waals surface area contributed by atoms with Crippen LogP contribution in [0.15, 0.2) is 12.4 Å². The Bertz CT molecular complexity index is 656. The van der Waals surface area contributed by atoms with Gasteiger partial charge in [-0.2, -0.15) is 5.10 Å². The molecule has 7 nitrogen and oxygen atoms in total. The number of aromatic amines is 1.